The van der Waals surface area contributed by atoms with Crippen LogP contribution < -0.4 is 0 Å². The van der Waals surface area contributed by atoms with Crippen molar-refractivity contribution in [1.82, 2.24) is 0 Å². The molecule has 6 atom stereocenters. The summed E-state index contributed by atoms with van der Waals surface area (Å²) < 4.78 is 10.9. The second-order valence-corrected chi connectivity index (χ2v) is 12.2. The third kappa shape index (κ3) is 6.48. The maximum absolute atomic E-state index is 10.2. The molecule has 3 rings (SSSR count). The van der Waals surface area contributed by atoms with E-state index >= 15 is 0 Å². The summed E-state index contributed by atoms with van der Waals surface area (Å²) in [6.45, 7) is 12.1. The van der Waals surface area contributed by atoms with Crippen molar-refractivity contribution in [2.75, 3.05) is 13.9 Å². The minimum absolute atomic E-state index is 0.101. The number of allylic oxidation sites excluding steroid dienone is 3. The molecule has 3 heteroatoms. The van der Waals surface area contributed by atoms with Crippen LogP contribution in [0.2, 0.25) is 0 Å². The molecular formula is C29H50O3. The van der Waals surface area contributed by atoms with Gasteiger partial charge in [0, 0.05) is 7.11 Å². The summed E-state index contributed by atoms with van der Waals surface area (Å²) in [5.74, 6) is 2.98. The Morgan fingerprint density at radius 3 is 2.72 bits per heavy atom. The Labute approximate surface area is 198 Å². The first-order valence-electron chi connectivity index (χ1n) is 13.3. The fraction of sp³-hybridized carbons (Fsp3) is 0.862. The Balaban J connectivity index is 1.60. The van der Waals surface area contributed by atoms with Crippen molar-refractivity contribution in [2.45, 2.75) is 117 Å². The second-order valence-electron chi connectivity index (χ2n) is 12.2. The molecule has 32 heavy (non-hydrogen) atoms. The maximum Gasteiger partial charge on any atom is 0.147 e. The quantitative estimate of drug-likeness (QED) is 0.374. The summed E-state index contributed by atoms with van der Waals surface area (Å²) in [4.78, 5) is 0. The third-order valence-electron chi connectivity index (χ3n) is 9.05. The van der Waals surface area contributed by atoms with Crippen LogP contribution >= 0.6 is 0 Å². The summed E-state index contributed by atoms with van der Waals surface area (Å²) in [6.07, 6.45) is 18.1. The molecule has 3 nitrogen and oxygen atoms in total. The van der Waals surface area contributed by atoms with Gasteiger partial charge in [0.2, 0.25) is 0 Å². The van der Waals surface area contributed by atoms with Crippen molar-refractivity contribution in [3.63, 3.8) is 0 Å². The number of hydrogen-bond donors (Lipinski definition) is 1. The van der Waals surface area contributed by atoms with Gasteiger partial charge in [0.1, 0.15) is 6.79 Å². The molecule has 0 amide bonds. The number of methoxy groups -OCH3 is 1. The molecule has 3 aliphatic carbocycles. The van der Waals surface area contributed by atoms with Crippen molar-refractivity contribution in [3.05, 3.63) is 23.3 Å². The van der Waals surface area contributed by atoms with E-state index in [4.69, 9.17) is 9.47 Å². The third-order valence-corrected chi connectivity index (χ3v) is 9.05. The van der Waals surface area contributed by atoms with Gasteiger partial charge >= 0.3 is 0 Å². The van der Waals surface area contributed by atoms with Crippen LogP contribution in [0.25, 0.3) is 0 Å². The first kappa shape index (κ1) is 26.0. The lowest BCUT2D eigenvalue weighted by Crippen LogP contribution is -2.36. The van der Waals surface area contributed by atoms with Crippen molar-refractivity contribution in [3.8, 4) is 0 Å². The lowest BCUT2D eigenvalue weighted by molar-refractivity contribution is -0.118. The topological polar surface area (TPSA) is 38.7 Å². The average Bonchev–Trinajstić information content (AvgIpc) is 3.07. The molecule has 0 radical (unpaired) electrons. The second kappa shape index (κ2) is 11.2. The van der Waals surface area contributed by atoms with E-state index in [2.05, 4.69) is 46.8 Å². The highest BCUT2D eigenvalue weighted by Gasteiger charge is 2.50. The Morgan fingerprint density at radius 1 is 1.22 bits per heavy atom. The van der Waals surface area contributed by atoms with Crippen LogP contribution in [0.1, 0.15) is 105 Å². The summed E-state index contributed by atoms with van der Waals surface area (Å²) in [5.41, 5.74) is 3.51. The minimum Gasteiger partial charge on any atom is -0.393 e. The van der Waals surface area contributed by atoms with Gasteiger partial charge in [-0.15, -0.1) is 0 Å². The first-order valence-corrected chi connectivity index (χ1v) is 13.3. The van der Waals surface area contributed by atoms with Gasteiger partial charge in [0.25, 0.3) is 0 Å². The van der Waals surface area contributed by atoms with E-state index in [1.165, 1.54) is 50.5 Å². The molecule has 0 unspecified atom stereocenters. The van der Waals surface area contributed by atoms with Gasteiger partial charge in [-0.2, -0.15) is 0 Å². The predicted octanol–water partition coefficient (Wildman–Crippen LogP) is 7.44. The lowest BCUT2D eigenvalue weighted by Gasteiger charge is -2.44. The van der Waals surface area contributed by atoms with Crippen LogP contribution in [0.3, 0.4) is 0 Å². The molecule has 0 aromatic rings. The van der Waals surface area contributed by atoms with E-state index in [-0.39, 0.29) is 11.7 Å². The normalized spacial score (nSPS) is 37.1. The number of aliphatic hydroxyl groups excluding tert-OH is 1. The average molecular weight is 447 g/mol. The Hall–Kier alpha value is -0.640. The molecule has 3 saturated carbocycles. The van der Waals surface area contributed by atoms with E-state index in [1.54, 1.807) is 12.7 Å². The fourth-order valence-electron chi connectivity index (χ4n) is 7.38. The molecule has 0 spiro atoms. The summed E-state index contributed by atoms with van der Waals surface area (Å²) >= 11 is 0. The zero-order valence-electron chi connectivity index (χ0n) is 21.8. The largest absolute Gasteiger partial charge is 0.393 e. The summed E-state index contributed by atoms with van der Waals surface area (Å²) in [6, 6.07) is 0. The van der Waals surface area contributed by atoms with E-state index in [9.17, 15) is 5.11 Å². The molecule has 3 aliphatic rings. The summed E-state index contributed by atoms with van der Waals surface area (Å²) in [5, 5.41) is 10.2. The molecule has 3 fully saturated rings. The Bertz CT molecular complexity index is 651. The van der Waals surface area contributed by atoms with E-state index < -0.39 is 0 Å². The van der Waals surface area contributed by atoms with Crippen LogP contribution in [0.5, 0.6) is 0 Å². The summed E-state index contributed by atoms with van der Waals surface area (Å²) in [7, 11) is 1.69. The molecule has 184 valence electrons. The highest BCUT2D eigenvalue weighted by molar-refractivity contribution is 5.26. The van der Waals surface area contributed by atoms with Gasteiger partial charge in [-0.1, -0.05) is 56.9 Å². The van der Waals surface area contributed by atoms with E-state index in [0.29, 0.717) is 18.1 Å². The Kier molecular flexibility index (Phi) is 9.08. The fourth-order valence-corrected chi connectivity index (χ4v) is 7.38. The number of hydrogen-bond acceptors (Lipinski definition) is 3. The molecule has 0 heterocycles. The van der Waals surface area contributed by atoms with Crippen LogP contribution in [-0.2, 0) is 9.47 Å². The monoisotopic (exact) mass is 446 g/mol. The van der Waals surface area contributed by atoms with Crippen LogP contribution in [-0.4, -0.2) is 30.7 Å². The SMILES string of the molecule is COCOC(C)(C)CCC[C@@H](C)[C@H]1CC[C@H]2/C(=C/C=C3/C[C@@H](C)C[C@H](O)C3)CCC[C@]12C. The molecule has 0 aliphatic heterocycles. The van der Waals surface area contributed by atoms with Crippen molar-refractivity contribution in [2.24, 2.45) is 29.1 Å². The van der Waals surface area contributed by atoms with Crippen LogP contribution in [0.4, 0.5) is 0 Å². The number of fused-ring (bicyclic) bond motifs is 1. The van der Waals surface area contributed by atoms with Crippen LogP contribution in [0.15, 0.2) is 23.3 Å². The van der Waals surface area contributed by atoms with Gasteiger partial charge in [-0.05, 0) is 101 Å². The molecule has 1 N–H and O–H groups in total. The molecule has 0 aromatic heterocycles. The van der Waals surface area contributed by atoms with Gasteiger partial charge in [0.05, 0.1) is 11.7 Å². The smallest absolute Gasteiger partial charge is 0.147 e. The highest BCUT2D eigenvalue weighted by Crippen LogP contribution is 2.60. The van der Waals surface area contributed by atoms with Gasteiger partial charge in [-0.3, -0.25) is 0 Å². The van der Waals surface area contributed by atoms with E-state index in [0.717, 1.165) is 43.4 Å². The van der Waals surface area contributed by atoms with Crippen LogP contribution in [0, 0.1) is 29.1 Å². The predicted molar refractivity (Wildman–Crippen MR) is 133 cm³/mol. The molecule has 0 saturated heterocycles. The van der Waals surface area contributed by atoms with Crippen molar-refractivity contribution < 1.29 is 14.6 Å². The van der Waals surface area contributed by atoms with E-state index in [1.807, 2.05) is 0 Å². The molecule has 0 aromatic carbocycles. The van der Waals surface area contributed by atoms with Gasteiger partial charge in [-0.25, -0.2) is 0 Å². The Morgan fingerprint density at radius 2 is 2.00 bits per heavy atom. The standard InChI is InChI=1S/C29H50O3/c1-21-17-23(19-25(30)18-21)11-12-24-10-8-16-29(5)26(13-14-27(24)29)22(2)9-7-15-28(3,4)32-20-31-6/h11-12,21-22,25-27,30H,7-10,13-20H2,1-6H3/b23-11-,24-12+/t21-,22-,25+,26-,27+,29-/m1/s1. The van der Waals surface area contributed by atoms with Crippen molar-refractivity contribution >= 4 is 0 Å². The zero-order valence-corrected chi connectivity index (χ0v) is 21.8. The van der Waals surface area contributed by atoms with Gasteiger partial charge < -0.3 is 14.6 Å². The first-order chi connectivity index (χ1) is 15.1. The molecule has 0 bridgehead atoms. The zero-order chi connectivity index (χ0) is 23.4. The number of rotatable bonds is 9. The highest BCUT2D eigenvalue weighted by atomic mass is 16.7. The number of aliphatic hydroxyl groups is 1. The minimum atomic E-state index is -0.137. The van der Waals surface area contributed by atoms with Gasteiger partial charge in [0.15, 0.2) is 0 Å². The maximum atomic E-state index is 10.2. The van der Waals surface area contributed by atoms with Crippen molar-refractivity contribution in [1.29, 1.82) is 0 Å². The number of ether oxygens (including phenoxy) is 2. The lowest BCUT2D eigenvalue weighted by atomic mass is 9.60. The molecular weight excluding hydrogens is 396 g/mol.